The minimum atomic E-state index is 0.552. The molecule has 1 aromatic rings. The van der Waals surface area contributed by atoms with E-state index in [-0.39, 0.29) is 0 Å². The summed E-state index contributed by atoms with van der Waals surface area (Å²) in [5, 5.41) is 12.2. The molecule has 0 aliphatic carbocycles. The molecule has 2 rings (SSSR count). The number of hydrogen-bond donors (Lipinski definition) is 1. The maximum Gasteiger partial charge on any atom is 0.147 e. The Balaban J connectivity index is 1.84. The van der Waals surface area contributed by atoms with E-state index >= 15 is 0 Å². The third-order valence-corrected chi connectivity index (χ3v) is 4.00. The Labute approximate surface area is 110 Å². The molecule has 1 N–H and O–H groups in total. The van der Waals surface area contributed by atoms with E-state index in [1.54, 1.807) is 0 Å². The van der Waals surface area contributed by atoms with Gasteiger partial charge in [0, 0.05) is 19.0 Å². The summed E-state index contributed by atoms with van der Waals surface area (Å²) in [6.07, 6.45) is 6.11. The van der Waals surface area contributed by atoms with E-state index in [2.05, 4.69) is 40.9 Å². The van der Waals surface area contributed by atoms with Gasteiger partial charge in [-0.1, -0.05) is 20.3 Å². The van der Waals surface area contributed by atoms with E-state index in [4.69, 9.17) is 0 Å². The molecule has 0 saturated carbocycles. The predicted molar refractivity (Wildman–Crippen MR) is 73.3 cm³/mol. The van der Waals surface area contributed by atoms with E-state index in [1.807, 2.05) is 0 Å². The molecule has 0 spiro atoms. The third kappa shape index (κ3) is 3.31. The Hall–Kier alpha value is -0.900. The van der Waals surface area contributed by atoms with Crippen molar-refractivity contribution < 1.29 is 0 Å². The fourth-order valence-electron chi connectivity index (χ4n) is 2.62. The second kappa shape index (κ2) is 6.32. The second-order valence-electron chi connectivity index (χ2n) is 5.67. The average molecular weight is 250 g/mol. The molecule has 1 aromatic heterocycles. The Bertz CT molecular complexity index is 372. The van der Waals surface area contributed by atoms with Crippen LogP contribution in [-0.2, 0) is 19.5 Å². The van der Waals surface area contributed by atoms with E-state index in [1.165, 1.54) is 31.5 Å². The van der Waals surface area contributed by atoms with Gasteiger partial charge in [0.05, 0.1) is 6.54 Å². The van der Waals surface area contributed by atoms with E-state index in [9.17, 15) is 0 Å². The van der Waals surface area contributed by atoms with Crippen LogP contribution in [0.4, 0.5) is 0 Å². The van der Waals surface area contributed by atoms with Crippen molar-refractivity contribution in [3.8, 4) is 0 Å². The average Bonchev–Trinajstić information content (AvgIpc) is 2.79. The molecular weight excluding hydrogens is 224 g/mol. The van der Waals surface area contributed by atoms with Gasteiger partial charge in [-0.2, -0.15) is 0 Å². The SMILES string of the molecule is CCC(C)CC(C)NCc1nnc2n1CCCC2. The van der Waals surface area contributed by atoms with Crippen LogP contribution in [0, 0.1) is 5.92 Å². The second-order valence-corrected chi connectivity index (χ2v) is 5.67. The van der Waals surface area contributed by atoms with Crippen LogP contribution in [0.5, 0.6) is 0 Å². The van der Waals surface area contributed by atoms with Gasteiger partial charge in [-0.3, -0.25) is 0 Å². The Morgan fingerprint density at radius 1 is 1.28 bits per heavy atom. The quantitative estimate of drug-likeness (QED) is 0.843. The molecule has 2 atom stereocenters. The number of fused-ring (bicyclic) bond motifs is 1. The minimum Gasteiger partial charge on any atom is -0.314 e. The smallest absolute Gasteiger partial charge is 0.147 e. The predicted octanol–water partition coefficient (Wildman–Crippen LogP) is 2.53. The molecule has 102 valence electrons. The first-order valence-corrected chi connectivity index (χ1v) is 7.35. The van der Waals surface area contributed by atoms with E-state index in [0.29, 0.717) is 6.04 Å². The highest BCUT2D eigenvalue weighted by Gasteiger charge is 2.16. The molecule has 4 nitrogen and oxygen atoms in total. The molecule has 4 heteroatoms. The fourth-order valence-corrected chi connectivity index (χ4v) is 2.62. The lowest BCUT2D eigenvalue weighted by Gasteiger charge is -2.19. The van der Waals surface area contributed by atoms with Crippen molar-refractivity contribution in [2.24, 2.45) is 5.92 Å². The fraction of sp³-hybridized carbons (Fsp3) is 0.857. The summed E-state index contributed by atoms with van der Waals surface area (Å²) < 4.78 is 2.30. The van der Waals surface area contributed by atoms with Crippen molar-refractivity contribution in [2.45, 2.75) is 72.0 Å². The van der Waals surface area contributed by atoms with Crippen molar-refractivity contribution in [3.05, 3.63) is 11.6 Å². The number of rotatable bonds is 6. The van der Waals surface area contributed by atoms with Crippen molar-refractivity contribution in [1.29, 1.82) is 0 Å². The van der Waals surface area contributed by atoms with Crippen molar-refractivity contribution in [3.63, 3.8) is 0 Å². The molecule has 0 radical (unpaired) electrons. The van der Waals surface area contributed by atoms with Gasteiger partial charge in [0.25, 0.3) is 0 Å². The lowest BCUT2D eigenvalue weighted by atomic mass is 10.0. The molecule has 0 fully saturated rings. The largest absolute Gasteiger partial charge is 0.314 e. The Morgan fingerprint density at radius 3 is 2.89 bits per heavy atom. The van der Waals surface area contributed by atoms with E-state index < -0.39 is 0 Å². The van der Waals surface area contributed by atoms with Crippen LogP contribution in [0.2, 0.25) is 0 Å². The molecule has 0 bridgehead atoms. The topological polar surface area (TPSA) is 42.7 Å². The molecular formula is C14H26N4. The third-order valence-electron chi connectivity index (χ3n) is 4.00. The van der Waals surface area contributed by atoms with Crippen LogP contribution in [0.25, 0.3) is 0 Å². The zero-order valence-electron chi connectivity index (χ0n) is 11.9. The summed E-state index contributed by atoms with van der Waals surface area (Å²) in [6, 6.07) is 0.552. The highest BCUT2D eigenvalue weighted by molar-refractivity contribution is 4.98. The first-order chi connectivity index (χ1) is 8.70. The maximum atomic E-state index is 4.32. The summed E-state index contributed by atoms with van der Waals surface area (Å²) in [4.78, 5) is 0. The molecule has 1 aliphatic heterocycles. The molecule has 1 aliphatic rings. The normalized spacial score (nSPS) is 18.4. The maximum absolute atomic E-state index is 4.32. The van der Waals surface area contributed by atoms with Crippen molar-refractivity contribution in [2.75, 3.05) is 0 Å². The molecule has 0 amide bonds. The van der Waals surface area contributed by atoms with Gasteiger partial charge in [0.1, 0.15) is 11.6 Å². The molecule has 18 heavy (non-hydrogen) atoms. The first kappa shape index (κ1) is 13.5. The van der Waals surface area contributed by atoms with Gasteiger partial charge in [-0.05, 0) is 32.1 Å². The van der Waals surface area contributed by atoms with Gasteiger partial charge >= 0.3 is 0 Å². The van der Waals surface area contributed by atoms with Gasteiger partial charge in [-0.25, -0.2) is 0 Å². The molecule has 2 heterocycles. The van der Waals surface area contributed by atoms with Crippen LogP contribution in [0.1, 0.15) is 58.1 Å². The van der Waals surface area contributed by atoms with Crippen molar-refractivity contribution in [1.82, 2.24) is 20.1 Å². The monoisotopic (exact) mass is 250 g/mol. The highest BCUT2D eigenvalue weighted by atomic mass is 15.3. The van der Waals surface area contributed by atoms with Crippen LogP contribution < -0.4 is 5.32 Å². The van der Waals surface area contributed by atoms with Crippen LogP contribution >= 0.6 is 0 Å². The Morgan fingerprint density at radius 2 is 2.11 bits per heavy atom. The number of aryl methyl sites for hydroxylation is 1. The van der Waals surface area contributed by atoms with Crippen LogP contribution in [0.3, 0.4) is 0 Å². The van der Waals surface area contributed by atoms with Gasteiger partial charge in [0.2, 0.25) is 0 Å². The Kier molecular flexibility index (Phi) is 4.75. The summed E-state index contributed by atoms with van der Waals surface area (Å²) in [5.74, 6) is 3.08. The first-order valence-electron chi connectivity index (χ1n) is 7.35. The zero-order chi connectivity index (χ0) is 13.0. The molecule has 2 unspecified atom stereocenters. The summed E-state index contributed by atoms with van der Waals surface area (Å²) >= 11 is 0. The summed E-state index contributed by atoms with van der Waals surface area (Å²) in [6.45, 7) is 8.78. The summed E-state index contributed by atoms with van der Waals surface area (Å²) in [7, 11) is 0. The number of aromatic nitrogens is 3. The van der Waals surface area contributed by atoms with Gasteiger partial charge < -0.3 is 9.88 Å². The van der Waals surface area contributed by atoms with Gasteiger partial charge in [-0.15, -0.1) is 10.2 Å². The molecule has 0 aromatic carbocycles. The van der Waals surface area contributed by atoms with Crippen LogP contribution in [-0.4, -0.2) is 20.8 Å². The number of nitrogens with zero attached hydrogens (tertiary/aromatic N) is 3. The minimum absolute atomic E-state index is 0.552. The lowest BCUT2D eigenvalue weighted by molar-refractivity contribution is 0.402. The highest BCUT2D eigenvalue weighted by Crippen LogP contribution is 2.15. The standard InChI is InChI=1S/C14H26N4/c1-4-11(2)9-12(3)15-10-14-17-16-13-7-5-6-8-18(13)14/h11-12,15H,4-10H2,1-3H3. The zero-order valence-corrected chi connectivity index (χ0v) is 11.9. The van der Waals surface area contributed by atoms with Crippen molar-refractivity contribution >= 4 is 0 Å². The van der Waals surface area contributed by atoms with E-state index in [0.717, 1.165) is 31.3 Å². The van der Waals surface area contributed by atoms with Crippen LogP contribution in [0.15, 0.2) is 0 Å². The molecule has 0 saturated heterocycles. The number of hydrogen-bond acceptors (Lipinski definition) is 3. The van der Waals surface area contributed by atoms with Gasteiger partial charge in [0.15, 0.2) is 0 Å². The lowest BCUT2D eigenvalue weighted by Crippen LogP contribution is -2.29. The number of nitrogens with one attached hydrogen (secondary N) is 1. The summed E-state index contributed by atoms with van der Waals surface area (Å²) in [5.41, 5.74) is 0.